The van der Waals surface area contributed by atoms with Gasteiger partial charge in [0.2, 0.25) is 17.5 Å². The quantitative estimate of drug-likeness (QED) is 0.0124. The lowest BCUT2D eigenvalue weighted by atomic mass is 9.85. The Labute approximate surface area is 693 Å². The third kappa shape index (κ3) is 34.2. The van der Waals surface area contributed by atoms with Crippen LogP contribution in [-0.2, 0) is 101 Å². The highest BCUT2D eigenvalue weighted by atomic mass is 32.3. The van der Waals surface area contributed by atoms with Gasteiger partial charge in [-0.1, -0.05) is 51.7 Å². The number of hydrogen-bond donors (Lipinski definition) is 6. The van der Waals surface area contributed by atoms with Crippen molar-refractivity contribution >= 4 is 114 Å². The molecule has 1 amide bonds. The van der Waals surface area contributed by atoms with E-state index >= 15 is 0 Å². The Bertz CT molecular complexity index is 3840. The van der Waals surface area contributed by atoms with Crippen molar-refractivity contribution in [2.45, 2.75) is 254 Å². The molecule has 3 fully saturated rings. The van der Waals surface area contributed by atoms with Crippen molar-refractivity contribution < 1.29 is 118 Å². The van der Waals surface area contributed by atoms with E-state index in [1.165, 1.54) is 38.3 Å². The summed E-state index contributed by atoms with van der Waals surface area (Å²) in [4.78, 5) is 104. The number of morpholine rings is 2. The largest absolute Gasteiger partial charge is 0.470 e. The number of hydrogen-bond acceptors (Lipinski definition) is 37. The molecule has 4 aliphatic rings. The second-order valence-corrected chi connectivity index (χ2v) is 36.9. The number of ether oxygens (including phenoxy) is 11. The standard InChI is InChI=1S/C43H70N4O13S.C32H51N7O12S4/c1-7-8-9-12-15-31(49)18-19-33-34(36(26-35(33)50)58-30(3)48)16-13-10-11-14-17-37(51)60-39(53)21-20-38(52)57-29(2)42(54)59-32(27-44-43(4,5)6)28-56-41-40(45-61-46-41)47-22-24-55-25-23-47;1-7-33-24-19-39(11-8-14-47-6)55(45,46)31-23(24)17-27(52-31)54(43,44)37-25(40)9-10-26(41)50-21(2)30(42)51-22(18-34-32(3,4)5)20-49-29-28(35-53-36-29)38-12-15-48-16-13-38/h10,13,29,31-36,44,49-50H,7-9,11-12,14-28H2,1-6H3;17,21-22,24,33-34H,7-16,18-20H2,1-6H3,(H,37,40)/b13-10-;/t29?,31-,32?,33+,34+,35+,36-;21?,22?,24-/m11/s1. The van der Waals surface area contributed by atoms with Crippen LogP contribution in [0, 0.1) is 11.8 Å². The smallest absolute Gasteiger partial charge is 0.347 e. The van der Waals surface area contributed by atoms with Gasteiger partial charge in [0.1, 0.15) is 39.9 Å². The predicted molar refractivity (Wildman–Crippen MR) is 429 cm³/mol. The van der Waals surface area contributed by atoms with Crippen LogP contribution in [0.4, 0.5) is 11.6 Å². The fourth-order valence-electron chi connectivity index (χ4n) is 12.7. The molecule has 10 atom stereocenters. The first kappa shape index (κ1) is 98.1. The van der Waals surface area contributed by atoms with E-state index < -0.39 is 142 Å². The van der Waals surface area contributed by atoms with E-state index in [-0.39, 0.29) is 77.1 Å². The predicted octanol–water partition coefficient (Wildman–Crippen LogP) is 6.02. The van der Waals surface area contributed by atoms with Crippen molar-refractivity contribution in [3.05, 3.63) is 23.8 Å². The summed E-state index contributed by atoms with van der Waals surface area (Å²) in [6.07, 6.45) is 4.76. The first-order valence-electron chi connectivity index (χ1n) is 39.7. The molecule has 656 valence electrons. The Balaban J connectivity index is 0.000000362. The number of carbonyl (C=O) groups is 8. The van der Waals surface area contributed by atoms with E-state index in [0.29, 0.717) is 151 Å². The fraction of sp³-hybridized carbons (Fsp3) is 0.760. The average Bonchev–Trinajstić information content (AvgIpc) is 1.52. The number of methoxy groups -OCH3 is 1. The molecule has 3 aromatic rings. The average molecular weight is 1740 g/mol. The molecular weight excluding hydrogens is 1620 g/mol. The van der Waals surface area contributed by atoms with Gasteiger partial charge in [-0.3, -0.25) is 28.8 Å². The number of likely N-dealkylation sites (N-methyl/N-ethyl adjacent to an activating group) is 1. The zero-order valence-corrected chi connectivity index (χ0v) is 72.9. The van der Waals surface area contributed by atoms with E-state index in [1.54, 1.807) is 0 Å². The van der Waals surface area contributed by atoms with E-state index in [9.17, 15) is 65.4 Å². The molecule has 116 heavy (non-hydrogen) atoms. The Kier molecular flexibility index (Phi) is 41.5. The maximum atomic E-state index is 13.4. The van der Waals surface area contributed by atoms with Crippen LogP contribution in [0.1, 0.15) is 197 Å². The molecule has 7 rings (SSSR count). The van der Waals surface area contributed by atoms with Crippen molar-refractivity contribution in [2.24, 2.45) is 11.8 Å². The molecule has 3 aliphatic heterocycles. The van der Waals surface area contributed by atoms with Gasteiger partial charge in [0.25, 0.3) is 31.8 Å². The summed E-state index contributed by atoms with van der Waals surface area (Å²) in [5.41, 5.74) is -0.313. The lowest BCUT2D eigenvalue weighted by Gasteiger charge is -2.32. The second kappa shape index (κ2) is 49.1. The number of aliphatic hydroxyl groups is 2. The van der Waals surface area contributed by atoms with Crippen LogP contribution in [0.2, 0.25) is 0 Å². The SMILES string of the molecule is CCCCCC[C@@H](O)CC[C@H]1[C@H](C/C=C\CCCC(=O)OC(=O)CCC(=O)OC(C)C(=O)OC(CNC(C)(C)C)COc2nsnc2N2CCOCC2)[C@H](OC(C)=O)C[C@@H]1O.CCN[C@@H]1CN(CCCOC)S(=O)(=O)c2sc(S(=O)(=O)NC(=O)CCC(=O)OC(C)C(=O)OC(CNC(C)(C)C)COc3nsnc3N3CCOCC3)cc21. The number of aromatic nitrogens is 4. The van der Waals surface area contributed by atoms with Gasteiger partial charge in [-0.2, -0.15) is 13.1 Å². The summed E-state index contributed by atoms with van der Waals surface area (Å²) in [6.45, 7) is 26.0. The number of sulfonamides is 2. The second-order valence-electron chi connectivity index (χ2n) is 30.7. The highest BCUT2D eigenvalue weighted by Gasteiger charge is 2.44. The van der Waals surface area contributed by atoms with Crippen LogP contribution < -0.4 is 39.9 Å². The number of carbonyl (C=O) groups excluding carboxylic acids is 8. The number of nitrogens with zero attached hydrogens (tertiary/aromatic N) is 7. The molecular formula is C75H121N11O25S5. The summed E-state index contributed by atoms with van der Waals surface area (Å²) >= 11 is 2.55. The molecule has 1 saturated carbocycles. The van der Waals surface area contributed by atoms with Crippen LogP contribution in [0.15, 0.2) is 26.6 Å². The minimum absolute atomic E-state index is 0.0250. The lowest BCUT2D eigenvalue weighted by molar-refractivity contribution is -0.171. The molecule has 0 spiro atoms. The summed E-state index contributed by atoms with van der Waals surface area (Å²) < 4.78 is 133. The molecule has 1 aliphatic carbocycles. The van der Waals surface area contributed by atoms with Crippen LogP contribution in [0.3, 0.4) is 0 Å². The number of anilines is 2. The van der Waals surface area contributed by atoms with Crippen LogP contribution in [0.25, 0.3) is 0 Å². The summed E-state index contributed by atoms with van der Waals surface area (Å²) in [7, 11) is -6.98. The Hall–Kier alpha value is -6.74. The van der Waals surface area contributed by atoms with Gasteiger partial charge in [-0.25, -0.2) is 31.1 Å². The van der Waals surface area contributed by atoms with Crippen LogP contribution in [-0.4, -0.2) is 263 Å². The third-order valence-corrected chi connectivity index (χ3v) is 25.2. The number of amides is 1. The molecule has 0 aromatic carbocycles. The van der Waals surface area contributed by atoms with Gasteiger partial charge in [0, 0.05) is 121 Å². The van der Waals surface area contributed by atoms with Gasteiger partial charge in [0.05, 0.1) is 81.4 Å². The molecule has 4 unspecified atom stereocenters. The highest BCUT2D eigenvalue weighted by molar-refractivity contribution is 7.94. The Morgan fingerprint density at radius 3 is 1.77 bits per heavy atom. The summed E-state index contributed by atoms with van der Waals surface area (Å²) in [5, 5.41) is 31.1. The molecule has 0 radical (unpaired) electrons. The van der Waals surface area contributed by atoms with Gasteiger partial charge < -0.3 is 88.1 Å². The summed E-state index contributed by atoms with van der Waals surface area (Å²) in [5.74, 6) is -4.91. The third-order valence-electron chi connectivity index (χ3n) is 18.8. The van der Waals surface area contributed by atoms with Gasteiger partial charge in [-0.15, -0.1) is 20.1 Å². The molecule has 2 saturated heterocycles. The zero-order chi connectivity index (χ0) is 85.2. The van der Waals surface area contributed by atoms with Crippen molar-refractivity contribution in [1.82, 2.24) is 42.5 Å². The zero-order valence-electron chi connectivity index (χ0n) is 68.8. The first-order valence-corrected chi connectivity index (χ1v) is 44.9. The minimum Gasteiger partial charge on any atom is -0.470 e. The number of fused-ring (bicyclic) bond motifs is 1. The summed E-state index contributed by atoms with van der Waals surface area (Å²) in [6, 6.07) is 0.784. The van der Waals surface area contributed by atoms with Gasteiger partial charge in [-0.05, 0) is 119 Å². The lowest BCUT2D eigenvalue weighted by Crippen LogP contribution is -2.45. The molecule has 41 heteroatoms. The molecule has 6 N–H and O–H groups in total. The molecule has 6 heterocycles. The molecule has 3 aromatic heterocycles. The topological polar surface area (TPSA) is 456 Å². The van der Waals surface area contributed by atoms with E-state index in [0.717, 1.165) is 55.6 Å². The van der Waals surface area contributed by atoms with Crippen LogP contribution >= 0.6 is 34.8 Å². The van der Waals surface area contributed by atoms with Gasteiger partial charge in [0.15, 0.2) is 12.2 Å². The fourth-order valence-corrected chi connectivity index (χ4v) is 18.7. The Morgan fingerprint density at radius 1 is 0.698 bits per heavy atom. The number of unbranched alkanes of at least 4 members (excludes halogenated alkanes) is 4. The molecule has 36 nitrogen and oxygen atoms in total. The minimum atomic E-state index is -4.50. The first-order chi connectivity index (χ1) is 55.0. The number of esters is 7. The van der Waals surface area contributed by atoms with Crippen LogP contribution in [0.5, 0.6) is 11.8 Å². The number of nitrogens with one attached hydrogen (secondary N) is 4. The van der Waals surface area contributed by atoms with Crippen molar-refractivity contribution in [3.8, 4) is 11.8 Å². The monoisotopic (exact) mass is 1740 g/mol. The molecule has 0 bridgehead atoms. The Morgan fingerprint density at radius 2 is 1.24 bits per heavy atom. The van der Waals surface area contributed by atoms with Crippen molar-refractivity contribution in [3.63, 3.8) is 0 Å². The van der Waals surface area contributed by atoms with E-state index in [2.05, 4.69) is 40.4 Å². The maximum Gasteiger partial charge on any atom is 0.347 e. The number of rotatable bonds is 47. The highest BCUT2D eigenvalue weighted by Crippen LogP contribution is 2.42. The van der Waals surface area contributed by atoms with E-state index in [4.69, 9.17) is 52.1 Å². The number of allylic oxidation sites excluding steroid dienone is 2. The van der Waals surface area contributed by atoms with Crippen molar-refractivity contribution in [2.75, 3.05) is 122 Å². The number of thiophene rings is 1. The number of aliphatic hydroxyl groups excluding tert-OH is 2. The van der Waals surface area contributed by atoms with Gasteiger partial charge >= 0.3 is 41.8 Å². The van der Waals surface area contributed by atoms with Crippen molar-refractivity contribution in [1.29, 1.82) is 0 Å². The maximum absolute atomic E-state index is 13.4. The van der Waals surface area contributed by atoms with E-state index in [1.807, 2.05) is 75.1 Å². The normalized spacial score (nSPS) is 19.8.